The summed E-state index contributed by atoms with van der Waals surface area (Å²) < 4.78 is 39.2. The van der Waals surface area contributed by atoms with Crippen LogP contribution in [0, 0.1) is 5.82 Å². The Morgan fingerprint density at radius 1 is 1.44 bits per heavy atom. The average Bonchev–Trinajstić information content (AvgIpc) is 2.28. The summed E-state index contributed by atoms with van der Waals surface area (Å²) in [4.78, 5) is -0.397. The number of rotatable bonds is 2. The largest absolute Gasteiger partial charge is 0.399 e. The van der Waals surface area contributed by atoms with Crippen molar-refractivity contribution in [3.8, 4) is 0 Å². The number of aliphatic hydroxyl groups is 1. The van der Waals surface area contributed by atoms with Gasteiger partial charge in [0.25, 0.3) is 0 Å². The first-order valence-electron chi connectivity index (χ1n) is 5.64. The van der Waals surface area contributed by atoms with Gasteiger partial charge in [0.2, 0.25) is 10.0 Å². The van der Waals surface area contributed by atoms with Gasteiger partial charge in [-0.3, -0.25) is 0 Å². The predicted molar refractivity (Wildman–Crippen MR) is 64.8 cm³/mol. The van der Waals surface area contributed by atoms with E-state index in [1.165, 1.54) is 6.07 Å². The van der Waals surface area contributed by atoms with E-state index in [4.69, 9.17) is 5.73 Å². The molecule has 0 aliphatic carbocycles. The molecule has 1 aliphatic heterocycles. The van der Waals surface area contributed by atoms with E-state index >= 15 is 0 Å². The van der Waals surface area contributed by atoms with Gasteiger partial charge in [0.15, 0.2) is 0 Å². The van der Waals surface area contributed by atoms with Gasteiger partial charge in [-0.15, -0.1) is 0 Å². The minimum Gasteiger partial charge on any atom is -0.399 e. The van der Waals surface area contributed by atoms with E-state index in [1.807, 2.05) is 0 Å². The summed E-state index contributed by atoms with van der Waals surface area (Å²) in [5.74, 6) is -0.866. The number of nitrogens with two attached hydrogens (primary N) is 1. The van der Waals surface area contributed by atoms with Crippen LogP contribution < -0.4 is 5.73 Å². The van der Waals surface area contributed by atoms with Crippen molar-refractivity contribution in [3.05, 3.63) is 24.0 Å². The Labute approximate surface area is 105 Å². The zero-order chi connectivity index (χ0) is 13.3. The molecule has 0 spiro atoms. The van der Waals surface area contributed by atoms with E-state index in [-0.39, 0.29) is 12.2 Å². The van der Waals surface area contributed by atoms with Crippen molar-refractivity contribution in [2.75, 3.05) is 18.8 Å². The molecule has 100 valence electrons. The van der Waals surface area contributed by atoms with E-state index in [2.05, 4.69) is 0 Å². The van der Waals surface area contributed by atoms with E-state index < -0.39 is 26.8 Å². The number of nitrogen functional groups attached to an aromatic ring is 1. The van der Waals surface area contributed by atoms with E-state index in [1.54, 1.807) is 0 Å². The molecule has 3 N–H and O–H groups in total. The second-order valence-corrected chi connectivity index (χ2v) is 6.26. The molecule has 1 unspecified atom stereocenters. The van der Waals surface area contributed by atoms with Gasteiger partial charge in [-0.25, -0.2) is 12.8 Å². The second kappa shape index (κ2) is 4.83. The molecule has 1 fully saturated rings. The number of sulfonamides is 1. The molecule has 2 rings (SSSR count). The molecule has 18 heavy (non-hydrogen) atoms. The number of hydrogen-bond donors (Lipinski definition) is 2. The number of hydrogen-bond acceptors (Lipinski definition) is 4. The summed E-state index contributed by atoms with van der Waals surface area (Å²) in [6, 6.07) is 3.48. The molecule has 7 heteroatoms. The maximum absolute atomic E-state index is 13.6. The molecule has 1 aliphatic rings. The van der Waals surface area contributed by atoms with Gasteiger partial charge in [0.1, 0.15) is 10.7 Å². The highest BCUT2D eigenvalue weighted by molar-refractivity contribution is 7.89. The van der Waals surface area contributed by atoms with Crippen molar-refractivity contribution in [2.45, 2.75) is 23.8 Å². The Kier molecular flexibility index (Phi) is 3.56. The van der Waals surface area contributed by atoms with Crippen LogP contribution in [0.1, 0.15) is 12.8 Å². The molecule has 1 atom stereocenters. The summed E-state index contributed by atoms with van der Waals surface area (Å²) in [6.07, 6.45) is 0.443. The van der Waals surface area contributed by atoms with Gasteiger partial charge in [-0.05, 0) is 31.0 Å². The fraction of sp³-hybridized carbons (Fsp3) is 0.455. The smallest absolute Gasteiger partial charge is 0.246 e. The van der Waals surface area contributed by atoms with Crippen LogP contribution in [-0.2, 0) is 10.0 Å². The van der Waals surface area contributed by atoms with Crippen LogP contribution >= 0.6 is 0 Å². The Morgan fingerprint density at radius 2 is 2.17 bits per heavy atom. The Bertz CT molecular complexity index is 547. The lowest BCUT2D eigenvalue weighted by Crippen LogP contribution is -2.42. The van der Waals surface area contributed by atoms with Gasteiger partial charge in [0.05, 0.1) is 6.10 Å². The minimum atomic E-state index is -3.90. The lowest BCUT2D eigenvalue weighted by atomic mass is 10.1. The fourth-order valence-corrected chi connectivity index (χ4v) is 3.57. The zero-order valence-electron chi connectivity index (χ0n) is 9.71. The third-order valence-electron chi connectivity index (χ3n) is 2.93. The summed E-state index contributed by atoms with van der Waals surface area (Å²) in [5, 5.41) is 9.48. The van der Waals surface area contributed by atoms with Crippen LogP contribution in [0.15, 0.2) is 23.1 Å². The molecule has 1 aromatic rings. The number of anilines is 1. The van der Waals surface area contributed by atoms with Crippen molar-refractivity contribution < 1.29 is 17.9 Å². The Hall–Kier alpha value is -1.18. The zero-order valence-corrected chi connectivity index (χ0v) is 10.5. The fourth-order valence-electron chi connectivity index (χ4n) is 2.00. The molecular weight excluding hydrogens is 259 g/mol. The Morgan fingerprint density at radius 3 is 2.78 bits per heavy atom. The first-order chi connectivity index (χ1) is 8.41. The van der Waals surface area contributed by atoms with Crippen molar-refractivity contribution >= 4 is 15.7 Å². The molecule has 0 radical (unpaired) electrons. The maximum Gasteiger partial charge on any atom is 0.246 e. The van der Waals surface area contributed by atoms with Gasteiger partial charge in [-0.2, -0.15) is 4.31 Å². The molecule has 5 nitrogen and oxygen atoms in total. The molecule has 0 saturated carbocycles. The molecule has 0 amide bonds. The highest BCUT2D eigenvalue weighted by Crippen LogP contribution is 2.24. The second-order valence-electron chi connectivity index (χ2n) is 4.35. The molecule has 1 heterocycles. The summed E-state index contributed by atoms with van der Waals surface area (Å²) in [6.45, 7) is 0.301. The molecular formula is C11H15FN2O3S. The quantitative estimate of drug-likeness (QED) is 0.772. The van der Waals surface area contributed by atoms with Crippen LogP contribution in [0.5, 0.6) is 0 Å². The summed E-state index contributed by atoms with van der Waals surface area (Å²) in [7, 11) is -3.90. The third-order valence-corrected chi connectivity index (χ3v) is 4.83. The number of benzene rings is 1. The van der Waals surface area contributed by atoms with E-state index in [0.29, 0.717) is 19.4 Å². The van der Waals surface area contributed by atoms with Crippen molar-refractivity contribution in [2.24, 2.45) is 0 Å². The van der Waals surface area contributed by atoms with E-state index in [0.717, 1.165) is 16.4 Å². The minimum absolute atomic E-state index is 0.00610. The van der Waals surface area contributed by atoms with Gasteiger partial charge >= 0.3 is 0 Å². The highest BCUT2D eigenvalue weighted by atomic mass is 32.2. The lowest BCUT2D eigenvalue weighted by Gasteiger charge is -2.29. The number of β-amino-alcohol motifs (C(OH)–C–C–N with tert-alkyl or cyclic N) is 1. The first kappa shape index (κ1) is 13.3. The van der Waals surface area contributed by atoms with Crippen LogP contribution in [-0.4, -0.2) is 37.0 Å². The van der Waals surface area contributed by atoms with Crippen LogP contribution in [0.3, 0.4) is 0 Å². The molecule has 1 saturated heterocycles. The third kappa shape index (κ3) is 2.47. The predicted octanol–water partition coefficient (Wildman–Crippen LogP) is 0.553. The molecule has 0 bridgehead atoms. The van der Waals surface area contributed by atoms with Crippen molar-refractivity contribution in [3.63, 3.8) is 0 Å². The van der Waals surface area contributed by atoms with Crippen molar-refractivity contribution in [1.29, 1.82) is 0 Å². The molecule has 0 aromatic heterocycles. The number of nitrogens with zero attached hydrogens (tertiary/aromatic N) is 1. The van der Waals surface area contributed by atoms with Crippen LogP contribution in [0.4, 0.5) is 10.1 Å². The van der Waals surface area contributed by atoms with E-state index in [9.17, 15) is 17.9 Å². The monoisotopic (exact) mass is 274 g/mol. The van der Waals surface area contributed by atoms with Crippen LogP contribution in [0.25, 0.3) is 0 Å². The summed E-state index contributed by atoms with van der Waals surface area (Å²) in [5.41, 5.74) is 5.55. The number of halogens is 1. The average molecular weight is 274 g/mol. The number of aliphatic hydroxyl groups excluding tert-OH is 1. The van der Waals surface area contributed by atoms with Crippen molar-refractivity contribution in [1.82, 2.24) is 4.31 Å². The molecule has 1 aromatic carbocycles. The highest BCUT2D eigenvalue weighted by Gasteiger charge is 2.31. The first-order valence-corrected chi connectivity index (χ1v) is 7.08. The SMILES string of the molecule is Nc1ccc(S(=O)(=O)N2CCCC(O)C2)c(F)c1. The topological polar surface area (TPSA) is 83.6 Å². The summed E-state index contributed by atoms with van der Waals surface area (Å²) >= 11 is 0. The Balaban J connectivity index is 2.35. The van der Waals surface area contributed by atoms with Gasteiger partial charge in [0, 0.05) is 18.8 Å². The lowest BCUT2D eigenvalue weighted by molar-refractivity contribution is 0.108. The van der Waals surface area contributed by atoms with Gasteiger partial charge in [-0.1, -0.05) is 0 Å². The standard InChI is InChI=1S/C11H15FN2O3S/c12-10-6-8(13)3-4-11(10)18(16,17)14-5-1-2-9(15)7-14/h3-4,6,9,15H,1-2,5,7,13H2. The maximum atomic E-state index is 13.6. The van der Waals surface area contributed by atoms with Gasteiger partial charge < -0.3 is 10.8 Å². The van der Waals surface area contributed by atoms with Crippen LogP contribution in [0.2, 0.25) is 0 Å². The normalized spacial score (nSPS) is 22.0. The number of piperidine rings is 1.